The molecule has 0 aliphatic carbocycles. The molecule has 2 aromatic rings. The number of rotatable bonds is 5. The molecular weight excluding hydrogens is 294 g/mol. The highest BCUT2D eigenvalue weighted by molar-refractivity contribution is 5.46. The van der Waals surface area contributed by atoms with E-state index in [1.807, 2.05) is 26.0 Å². The summed E-state index contributed by atoms with van der Waals surface area (Å²) in [6, 6.07) is 19.5. The van der Waals surface area contributed by atoms with E-state index in [1.54, 1.807) is 0 Å². The van der Waals surface area contributed by atoms with Crippen molar-refractivity contribution in [1.82, 2.24) is 10.2 Å². The molecule has 3 heteroatoms. The van der Waals surface area contributed by atoms with Crippen LogP contribution in [0.3, 0.4) is 0 Å². The molecule has 1 aliphatic heterocycles. The topological polar surface area (TPSA) is 41.3 Å². The summed E-state index contributed by atoms with van der Waals surface area (Å²) in [5.41, 5.74) is 9.49. The molecule has 1 saturated heterocycles. The molecule has 130 valence electrons. The van der Waals surface area contributed by atoms with Crippen molar-refractivity contribution >= 4 is 5.69 Å². The molecule has 3 N–H and O–H groups in total. The highest BCUT2D eigenvalue weighted by atomic mass is 15.1. The highest BCUT2D eigenvalue weighted by Gasteiger charge is 2.18. The summed E-state index contributed by atoms with van der Waals surface area (Å²) in [6.45, 7) is 8.27. The fraction of sp³-hybridized carbons (Fsp3) is 0.429. The van der Waals surface area contributed by atoms with Crippen molar-refractivity contribution < 1.29 is 0 Å². The van der Waals surface area contributed by atoms with Crippen molar-refractivity contribution in [1.29, 1.82) is 0 Å². The monoisotopic (exact) mass is 325 g/mol. The molecule has 0 unspecified atom stereocenters. The first-order valence-corrected chi connectivity index (χ1v) is 9.14. The number of hydrogen-bond acceptors (Lipinski definition) is 3. The molecule has 0 bridgehead atoms. The second-order valence-electron chi connectivity index (χ2n) is 6.12. The van der Waals surface area contributed by atoms with Gasteiger partial charge in [0.15, 0.2) is 0 Å². The number of hydrogen-bond donors (Lipinski definition) is 2. The van der Waals surface area contributed by atoms with Crippen LogP contribution in [-0.4, -0.2) is 24.0 Å². The van der Waals surface area contributed by atoms with Crippen LogP contribution in [0.15, 0.2) is 54.6 Å². The van der Waals surface area contributed by atoms with Crippen molar-refractivity contribution in [2.75, 3.05) is 18.8 Å². The quantitative estimate of drug-likeness (QED) is 0.815. The summed E-state index contributed by atoms with van der Waals surface area (Å²) < 4.78 is 0. The molecule has 3 rings (SSSR count). The second-order valence-corrected chi connectivity index (χ2v) is 6.12. The van der Waals surface area contributed by atoms with E-state index in [9.17, 15) is 0 Å². The maximum Gasteiger partial charge on any atom is 0.0359 e. The molecule has 0 spiro atoms. The van der Waals surface area contributed by atoms with Crippen molar-refractivity contribution in [3.63, 3.8) is 0 Å². The molecule has 0 aromatic heterocycles. The lowest BCUT2D eigenvalue weighted by Crippen LogP contribution is -2.41. The van der Waals surface area contributed by atoms with Gasteiger partial charge in [-0.2, -0.15) is 0 Å². The van der Waals surface area contributed by atoms with Crippen molar-refractivity contribution in [3.05, 3.63) is 65.7 Å². The van der Waals surface area contributed by atoms with Crippen LogP contribution in [0.1, 0.15) is 37.8 Å². The van der Waals surface area contributed by atoms with E-state index in [4.69, 9.17) is 5.73 Å². The largest absolute Gasteiger partial charge is 0.398 e. The fourth-order valence-corrected chi connectivity index (χ4v) is 3.09. The van der Waals surface area contributed by atoms with Gasteiger partial charge in [0.25, 0.3) is 0 Å². The number of nitrogens with zero attached hydrogens (tertiary/aromatic N) is 1. The average Bonchev–Trinajstić information content (AvgIpc) is 2.65. The van der Waals surface area contributed by atoms with Gasteiger partial charge >= 0.3 is 0 Å². The Morgan fingerprint density at radius 2 is 1.58 bits per heavy atom. The maximum absolute atomic E-state index is 6.00. The van der Waals surface area contributed by atoms with Gasteiger partial charge in [0, 0.05) is 24.8 Å². The van der Waals surface area contributed by atoms with Gasteiger partial charge in [-0.1, -0.05) is 62.4 Å². The normalized spacial score (nSPS) is 15.6. The Kier molecular flexibility index (Phi) is 7.80. The molecule has 0 amide bonds. The second kappa shape index (κ2) is 10.1. The number of anilines is 1. The van der Waals surface area contributed by atoms with Crippen LogP contribution >= 0.6 is 0 Å². The van der Waals surface area contributed by atoms with Crippen molar-refractivity contribution in [2.24, 2.45) is 0 Å². The van der Waals surface area contributed by atoms with Gasteiger partial charge < -0.3 is 11.1 Å². The highest BCUT2D eigenvalue weighted by Crippen LogP contribution is 2.16. The van der Waals surface area contributed by atoms with E-state index in [0.717, 1.165) is 31.9 Å². The van der Waals surface area contributed by atoms with Gasteiger partial charge in [0.2, 0.25) is 0 Å². The predicted octanol–water partition coefficient (Wildman–Crippen LogP) is 4.05. The number of nitrogen functional groups attached to an aromatic ring is 1. The van der Waals surface area contributed by atoms with E-state index in [0.29, 0.717) is 6.04 Å². The lowest BCUT2D eigenvalue weighted by molar-refractivity contribution is 0.190. The summed E-state index contributed by atoms with van der Waals surface area (Å²) in [4.78, 5) is 2.55. The maximum atomic E-state index is 6.00. The van der Waals surface area contributed by atoms with Gasteiger partial charge in [0.1, 0.15) is 0 Å². The molecule has 0 radical (unpaired) electrons. The number of likely N-dealkylation sites (tertiary alicyclic amines) is 1. The summed E-state index contributed by atoms with van der Waals surface area (Å²) in [7, 11) is 0. The van der Waals surface area contributed by atoms with Crippen LogP contribution in [0.5, 0.6) is 0 Å². The zero-order valence-electron chi connectivity index (χ0n) is 15.0. The van der Waals surface area contributed by atoms with Crippen LogP contribution < -0.4 is 11.1 Å². The van der Waals surface area contributed by atoms with Gasteiger partial charge in [-0.3, -0.25) is 4.90 Å². The lowest BCUT2D eigenvalue weighted by atomic mass is 10.0. The first-order chi connectivity index (χ1) is 11.8. The minimum atomic E-state index is 0.603. The van der Waals surface area contributed by atoms with Crippen LogP contribution in [0.25, 0.3) is 0 Å². The van der Waals surface area contributed by atoms with Crippen LogP contribution in [0.4, 0.5) is 5.69 Å². The molecule has 24 heavy (non-hydrogen) atoms. The zero-order valence-corrected chi connectivity index (χ0v) is 15.0. The predicted molar refractivity (Wildman–Crippen MR) is 104 cm³/mol. The van der Waals surface area contributed by atoms with Crippen LogP contribution in [0.2, 0.25) is 0 Å². The summed E-state index contributed by atoms with van der Waals surface area (Å²) in [5, 5.41) is 3.66. The Labute approximate surface area is 146 Å². The van der Waals surface area contributed by atoms with Gasteiger partial charge in [-0.15, -0.1) is 0 Å². The first kappa shape index (κ1) is 18.5. The minimum Gasteiger partial charge on any atom is -0.398 e. The van der Waals surface area contributed by atoms with E-state index in [2.05, 4.69) is 52.7 Å². The number of nitrogens with one attached hydrogen (secondary N) is 1. The molecule has 1 fully saturated rings. The van der Waals surface area contributed by atoms with E-state index in [1.165, 1.54) is 24.0 Å². The third-order valence-electron chi connectivity index (χ3n) is 4.47. The Bertz CT molecular complexity index is 575. The van der Waals surface area contributed by atoms with Gasteiger partial charge in [0.05, 0.1) is 0 Å². The Hall–Kier alpha value is -1.84. The molecular formula is C21H31N3. The lowest BCUT2D eigenvalue weighted by Gasteiger charge is -2.32. The number of para-hydroxylation sites is 1. The smallest absolute Gasteiger partial charge is 0.0359 e. The van der Waals surface area contributed by atoms with E-state index >= 15 is 0 Å². The molecule has 1 aliphatic rings. The minimum absolute atomic E-state index is 0.603. The van der Waals surface area contributed by atoms with Crippen molar-refractivity contribution in [3.8, 4) is 0 Å². The van der Waals surface area contributed by atoms with Crippen molar-refractivity contribution in [2.45, 2.75) is 45.8 Å². The molecule has 0 saturated carbocycles. The van der Waals surface area contributed by atoms with Crippen LogP contribution in [0, 0.1) is 0 Å². The molecule has 3 nitrogen and oxygen atoms in total. The first-order valence-electron chi connectivity index (χ1n) is 9.14. The van der Waals surface area contributed by atoms with E-state index in [-0.39, 0.29) is 0 Å². The van der Waals surface area contributed by atoms with Gasteiger partial charge in [-0.05, 0) is 43.1 Å². The Balaban J connectivity index is 0.00000100. The van der Waals surface area contributed by atoms with E-state index < -0.39 is 0 Å². The number of nitrogens with two attached hydrogens (primary N) is 1. The SMILES string of the molecule is CC.Nc1ccccc1CNC1CCN(Cc2ccccc2)CC1. The zero-order chi connectivity index (χ0) is 17.2. The Morgan fingerprint density at radius 3 is 2.25 bits per heavy atom. The Morgan fingerprint density at radius 1 is 0.958 bits per heavy atom. The standard InChI is InChI=1S/C19H25N3.C2H6/c20-19-9-5-4-8-17(19)14-21-18-10-12-22(13-11-18)15-16-6-2-1-3-7-16;1-2/h1-9,18,21H,10-15,20H2;1-2H3. The van der Waals surface area contributed by atoms with Gasteiger partial charge in [-0.25, -0.2) is 0 Å². The molecule has 2 aromatic carbocycles. The van der Waals surface area contributed by atoms with Crippen LogP contribution in [-0.2, 0) is 13.1 Å². The average molecular weight is 326 g/mol. The molecule has 1 heterocycles. The third kappa shape index (κ3) is 5.66. The third-order valence-corrected chi connectivity index (χ3v) is 4.47. The summed E-state index contributed by atoms with van der Waals surface area (Å²) >= 11 is 0. The molecule has 0 atom stereocenters. The number of piperidine rings is 1. The summed E-state index contributed by atoms with van der Waals surface area (Å²) in [6.07, 6.45) is 2.42. The summed E-state index contributed by atoms with van der Waals surface area (Å²) in [5.74, 6) is 0. The fourth-order valence-electron chi connectivity index (χ4n) is 3.09. The number of benzene rings is 2.